The van der Waals surface area contributed by atoms with E-state index < -0.39 is 5.97 Å². The van der Waals surface area contributed by atoms with Crippen molar-refractivity contribution in [3.05, 3.63) is 66.0 Å². The van der Waals surface area contributed by atoms with Crippen LogP contribution in [0.25, 0.3) is 21.8 Å². The van der Waals surface area contributed by atoms with E-state index in [1.807, 2.05) is 18.3 Å². The van der Waals surface area contributed by atoms with Crippen LogP contribution in [0.3, 0.4) is 0 Å². The molecule has 4 N–H and O–H groups in total. The summed E-state index contributed by atoms with van der Waals surface area (Å²) < 4.78 is 0. The molecule has 118 valence electrons. The smallest absolute Gasteiger partial charge is 0.335 e. The Labute approximate surface area is 136 Å². The lowest BCUT2D eigenvalue weighted by molar-refractivity contribution is 0.0697. The van der Waals surface area contributed by atoms with Gasteiger partial charge in [-0.3, -0.25) is 4.79 Å². The quantitative estimate of drug-likeness (QED) is 0.464. The molecule has 0 saturated heterocycles. The maximum Gasteiger partial charge on any atom is 0.335 e. The van der Waals surface area contributed by atoms with Gasteiger partial charge in [-0.25, -0.2) is 4.79 Å². The third-order valence-electron chi connectivity index (χ3n) is 3.99. The first-order chi connectivity index (χ1) is 11.6. The fourth-order valence-corrected chi connectivity index (χ4v) is 2.75. The second-order valence-electron chi connectivity index (χ2n) is 5.50. The minimum absolute atomic E-state index is 0.194. The third-order valence-corrected chi connectivity index (χ3v) is 3.99. The van der Waals surface area contributed by atoms with Crippen molar-refractivity contribution in [2.75, 3.05) is 5.32 Å². The van der Waals surface area contributed by atoms with E-state index in [4.69, 9.17) is 5.11 Å². The average molecular weight is 319 g/mol. The Bertz CT molecular complexity index is 1090. The van der Waals surface area contributed by atoms with Crippen LogP contribution in [0, 0.1) is 0 Å². The van der Waals surface area contributed by atoms with E-state index in [0.717, 1.165) is 16.3 Å². The summed E-state index contributed by atoms with van der Waals surface area (Å²) in [6.45, 7) is 0. The van der Waals surface area contributed by atoms with Crippen molar-refractivity contribution in [3.63, 3.8) is 0 Å². The standard InChI is InChI=1S/C18H13N3O3/c22-17(11-2-1-10-5-6-19-14(10)7-11)21-16-9-20-15-8-12(18(23)24)3-4-13(15)16/h1-9,19-20H,(H,21,22)(H,23,24). The molecule has 4 rings (SSSR count). The Balaban J connectivity index is 1.65. The molecule has 2 aromatic heterocycles. The highest BCUT2D eigenvalue weighted by atomic mass is 16.4. The molecule has 0 aliphatic carbocycles. The summed E-state index contributed by atoms with van der Waals surface area (Å²) in [6, 6.07) is 12.1. The first-order valence-corrected chi connectivity index (χ1v) is 7.35. The average Bonchev–Trinajstić information content (AvgIpc) is 3.20. The van der Waals surface area contributed by atoms with Crippen molar-refractivity contribution in [1.82, 2.24) is 9.97 Å². The zero-order valence-electron chi connectivity index (χ0n) is 12.5. The van der Waals surface area contributed by atoms with Gasteiger partial charge in [-0.05, 0) is 41.8 Å². The van der Waals surface area contributed by atoms with Crippen molar-refractivity contribution in [1.29, 1.82) is 0 Å². The van der Waals surface area contributed by atoms with Crippen molar-refractivity contribution in [2.45, 2.75) is 0 Å². The van der Waals surface area contributed by atoms with E-state index in [1.54, 1.807) is 24.4 Å². The number of rotatable bonds is 3. The molecule has 0 bridgehead atoms. The lowest BCUT2D eigenvalue weighted by Crippen LogP contribution is -2.11. The molecule has 2 aromatic carbocycles. The molecule has 4 aromatic rings. The molecular formula is C18H13N3O3. The normalized spacial score (nSPS) is 11.0. The van der Waals surface area contributed by atoms with E-state index in [9.17, 15) is 9.59 Å². The largest absolute Gasteiger partial charge is 0.478 e. The number of carboxylic acids is 1. The Morgan fingerprint density at radius 1 is 0.917 bits per heavy atom. The molecule has 0 aliphatic rings. The van der Waals surface area contributed by atoms with Gasteiger partial charge >= 0.3 is 5.97 Å². The van der Waals surface area contributed by atoms with Gasteiger partial charge in [0.2, 0.25) is 0 Å². The van der Waals surface area contributed by atoms with Gasteiger partial charge in [-0.15, -0.1) is 0 Å². The molecule has 0 radical (unpaired) electrons. The Kier molecular flexibility index (Phi) is 3.09. The molecule has 6 heteroatoms. The highest BCUT2D eigenvalue weighted by Crippen LogP contribution is 2.25. The van der Waals surface area contributed by atoms with Gasteiger partial charge in [-0.2, -0.15) is 0 Å². The number of hydrogen-bond donors (Lipinski definition) is 4. The molecule has 0 aliphatic heterocycles. The first kappa shape index (κ1) is 14.1. The molecule has 2 heterocycles. The van der Waals surface area contributed by atoms with Crippen molar-refractivity contribution < 1.29 is 14.7 Å². The molecule has 1 amide bonds. The van der Waals surface area contributed by atoms with Crippen LogP contribution in [-0.4, -0.2) is 27.0 Å². The second kappa shape index (κ2) is 5.27. The zero-order chi connectivity index (χ0) is 16.7. The Morgan fingerprint density at radius 3 is 2.54 bits per heavy atom. The van der Waals surface area contributed by atoms with E-state index in [1.165, 1.54) is 12.1 Å². The Morgan fingerprint density at radius 2 is 1.71 bits per heavy atom. The third kappa shape index (κ3) is 2.30. The highest BCUT2D eigenvalue weighted by Gasteiger charge is 2.12. The lowest BCUT2D eigenvalue weighted by Gasteiger charge is -2.04. The van der Waals surface area contributed by atoms with Gasteiger partial charge in [0.25, 0.3) is 5.91 Å². The number of aromatic nitrogens is 2. The maximum absolute atomic E-state index is 12.5. The van der Waals surface area contributed by atoms with Crippen LogP contribution >= 0.6 is 0 Å². The van der Waals surface area contributed by atoms with Crippen molar-refractivity contribution in [3.8, 4) is 0 Å². The topological polar surface area (TPSA) is 98.0 Å². The van der Waals surface area contributed by atoms with E-state index in [0.29, 0.717) is 16.8 Å². The van der Waals surface area contributed by atoms with Crippen LogP contribution < -0.4 is 5.32 Å². The number of carbonyl (C=O) groups is 2. The summed E-state index contributed by atoms with van der Waals surface area (Å²) in [6.07, 6.45) is 3.48. The van der Waals surface area contributed by atoms with Crippen LogP contribution in [0.5, 0.6) is 0 Å². The van der Waals surface area contributed by atoms with Crippen LogP contribution in [0.15, 0.2) is 54.9 Å². The van der Waals surface area contributed by atoms with E-state index in [2.05, 4.69) is 15.3 Å². The molecular weight excluding hydrogens is 306 g/mol. The van der Waals surface area contributed by atoms with Gasteiger partial charge in [0, 0.05) is 34.4 Å². The van der Waals surface area contributed by atoms with Crippen LogP contribution in [-0.2, 0) is 0 Å². The maximum atomic E-state index is 12.5. The summed E-state index contributed by atoms with van der Waals surface area (Å²) >= 11 is 0. The fraction of sp³-hybridized carbons (Fsp3) is 0. The number of nitrogens with one attached hydrogen (secondary N) is 3. The summed E-state index contributed by atoms with van der Waals surface area (Å²) in [5, 5.41) is 13.7. The van der Waals surface area contributed by atoms with Gasteiger partial charge in [0.15, 0.2) is 0 Å². The monoisotopic (exact) mass is 319 g/mol. The molecule has 0 atom stereocenters. The summed E-state index contributed by atoms with van der Waals surface area (Å²) in [7, 11) is 0. The van der Waals surface area contributed by atoms with Gasteiger partial charge < -0.3 is 20.4 Å². The zero-order valence-corrected chi connectivity index (χ0v) is 12.5. The molecule has 0 spiro atoms. The Hall–Kier alpha value is -3.54. The predicted molar refractivity (Wildman–Crippen MR) is 91.5 cm³/mol. The number of hydrogen-bond acceptors (Lipinski definition) is 2. The molecule has 0 saturated carbocycles. The van der Waals surface area contributed by atoms with Gasteiger partial charge in [-0.1, -0.05) is 6.07 Å². The minimum atomic E-state index is -0.990. The number of benzene rings is 2. The highest BCUT2D eigenvalue weighted by molar-refractivity contribution is 6.10. The van der Waals surface area contributed by atoms with E-state index >= 15 is 0 Å². The van der Waals surface area contributed by atoms with Gasteiger partial charge in [0.1, 0.15) is 0 Å². The summed E-state index contributed by atoms with van der Waals surface area (Å²) in [4.78, 5) is 29.5. The number of H-pyrrole nitrogens is 2. The van der Waals surface area contributed by atoms with E-state index in [-0.39, 0.29) is 11.5 Å². The van der Waals surface area contributed by atoms with Gasteiger partial charge in [0.05, 0.1) is 11.3 Å². The number of carbonyl (C=O) groups excluding carboxylic acids is 1. The number of carboxylic acid groups (broad SMARTS) is 1. The van der Waals surface area contributed by atoms with Crippen LogP contribution in [0.2, 0.25) is 0 Å². The molecule has 6 nitrogen and oxygen atoms in total. The lowest BCUT2D eigenvalue weighted by atomic mass is 10.1. The predicted octanol–water partition coefficient (Wildman–Crippen LogP) is 3.60. The minimum Gasteiger partial charge on any atom is -0.478 e. The summed E-state index contributed by atoms with van der Waals surface area (Å²) in [5.74, 6) is -1.22. The number of aromatic amines is 2. The van der Waals surface area contributed by atoms with Crippen molar-refractivity contribution in [2.24, 2.45) is 0 Å². The second-order valence-corrected chi connectivity index (χ2v) is 5.50. The summed E-state index contributed by atoms with van der Waals surface area (Å²) in [5.41, 5.74) is 2.90. The van der Waals surface area contributed by atoms with Crippen LogP contribution in [0.4, 0.5) is 5.69 Å². The number of aromatic carboxylic acids is 1. The first-order valence-electron chi connectivity index (χ1n) is 7.35. The number of fused-ring (bicyclic) bond motifs is 2. The fourth-order valence-electron chi connectivity index (χ4n) is 2.75. The molecule has 0 fully saturated rings. The van der Waals surface area contributed by atoms with Crippen molar-refractivity contribution >= 4 is 39.4 Å². The molecule has 0 unspecified atom stereocenters. The SMILES string of the molecule is O=C(O)c1ccc2c(NC(=O)c3ccc4cc[nH]c4c3)c[nH]c2c1. The number of amides is 1. The van der Waals surface area contributed by atoms with Crippen LogP contribution in [0.1, 0.15) is 20.7 Å². The molecule has 24 heavy (non-hydrogen) atoms. The number of anilines is 1.